The second-order valence-corrected chi connectivity index (χ2v) is 5.10. The lowest BCUT2D eigenvalue weighted by Crippen LogP contribution is -2.37. The molecule has 0 aromatic heterocycles. The molecule has 1 aliphatic rings. The number of benzene rings is 1. The molecule has 2 atom stereocenters. The van der Waals surface area contributed by atoms with Crippen LogP contribution >= 0.6 is 0 Å². The zero-order valence-corrected chi connectivity index (χ0v) is 11.4. The van der Waals surface area contributed by atoms with Crippen LogP contribution in [0.3, 0.4) is 0 Å². The molecule has 4 nitrogen and oxygen atoms in total. The van der Waals surface area contributed by atoms with Gasteiger partial charge in [-0.15, -0.1) is 0 Å². The Morgan fingerprint density at radius 3 is 2.68 bits per heavy atom. The average Bonchev–Trinajstić information content (AvgIpc) is 2.84. The molecule has 104 valence electrons. The number of unbranched alkanes of at least 4 members (excludes halogenated alkanes) is 1. The van der Waals surface area contributed by atoms with E-state index in [0.29, 0.717) is 13.2 Å². The van der Waals surface area contributed by atoms with Crippen LogP contribution < -0.4 is 11.1 Å². The minimum atomic E-state index is -0.236. The van der Waals surface area contributed by atoms with E-state index in [1.165, 1.54) is 18.4 Å². The minimum absolute atomic E-state index is 0.0497. The Bertz CT molecular complexity index is 417. The van der Waals surface area contributed by atoms with Gasteiger partial charge in [0.1, 0.15) is 0 Å². The third kappa shape index (κ3) is 3.78. The van der Waals surface area contributed by atoms with E-state index in [-0.39, 0.29) is 17.9 Å². The van der Waals surface area contributed by atoms with Gasteiger partial charge in [-0.05, 0) is 30.5 Å². The predicted octanol–water partition coefficient (Wildman–Crippen LogP) is 1.94. The van der Waals surface area contributed by atoms with Crippen LogP contribution in [0.25, 0.3) is 0 Å². The van der Waals surface area contributed by atoms with Crippen LogP contribution in [-0.2, 0) is 16.0 Å². The molecule has 4 heteroatoms. The molecule has 19 heavy (non-hydrogen) atoms. The van der Waals surface area contributed by atoms with Gasteiger partial charge in [-0.25, -0.2) is 0 Å². The average molecular weight is 262 g/mol. The molecule has 1 aromatic carbocycles. The predicted molar refractivity (Wildman–Crippen MR) is 76.0 cm³/mol. The summed E-state index contributed by atoms with van der Waals surface area (Å²) in [6.45, 7) is 3.07. The maximum atomic E-state index is 12.0. The molecule has 3 N–H and O–H groups in total. The topological polar surface area (TPSA) is 64.3 Å². The van der Waals surface area contributed by atoms with E-state index in [2.05, 4.69) is 24.4 Å². The monoisotopic (exact) mass is 262 g/mol. The number of carbonyl (C=O) groups is 1. The first-order valence-corrected chi connectivity index (χ1v) is 6.94. The molecule has 0 radical (unpaired) electrons. The molecule has 1 fully saturated rings. The lowest BCUT2D eigenvalue weighted by molar-refractivity contribution is -0.120. The van der Waals surface area contributed by atoms with Gasteiger partial charge in [0.2, 0.25) is 5.91 Å². The van der Waals surface area contributed by atoms with Crippen molar-refractivity contribution < 1.29 is 9.53 Å². The number of hydrogen-bond acceptors (Lipinski definition) is 3. The Hall–Kier alpha value is -1.39. The van der Waals surface area contributed by atoms with Gasteiger partial charge >= 0.3 is 0 Å². The summed E-state index contributed by atoms with van der Waals surface area (Å²) in [5.74, 6) is -0.286. The normalized spacial score (nSPS) is 22.4. The molecule has 0 bridgehead atoms. The van der Waals surface area contributed by atoms with E-state index in [4.69, 9.17) is 10.5 Å². The molecule has 1 aromatic rings. The number of amides is 1. The summed E-state index contributed by atoms with van der Waals surface area (Å²) in [5, 5.41) is 2.90. The Morgan fingerprint density at radius 2 is 2.11 bits per heavy atom. The Morgan fingerprint density at radius 1 is 1.37 bits per heavy atom. The fraction of sp³-hybridized carbons (Fsp3) is 0.533. The second kappa shape index (κ2) is 6.68. The lowest BCUT2D eigenvalue weighted by Gasteiger charge is -2.13. The van der Waals surface area contributed by atoms with Crippen molar-refractivity contribution in [3.63, 3.8) is 0 Å². The number of hydrogen-bond donors (Lipinski definition) is 2. The highest BCUT2D eigenvalue weighted by molar-refractivity contribution is 5.93. The van der Waals surface area contributed by atoms with Crippen LogP contribution in [0.2, 0.25) is 0 Å². The molecule has 0 aliphatic carbocycles. The van der Waals surface area contributed by atoms with Gasteiger partial charge < -0.3 is 15.8 Å². The van der Waals surface area contributed by atoms with Crippen LogP contribution in [0, 0.1) is 5.92 Å². The van der Waals surface area contributed by atoms with Gasteiger partial charge in [0.15, 0.2) is 0 Å². The summed E-state index contributed by atoms with van der Waals surface area (Å²) in [7, 11) is 0. The summed E-state index contributed by atoms with van der Waals surface area (Å²) in [4.78, 5) is 12.0. The molecule has 1 amide bonds. The smallest absolute Gasteiger partial charge is 0.231 e. The molecule has 0 spiro atoms. The summed E-state index contributed by atoms with van der Waals surface area (Å²) >= 11 is 0. The SMILES string of the molecule is CCCCc1ccc(NC(=O)C2COCC2N)cc1. The largest absolute Gasteiger partial charge is 0.379 e. The standard InChI is InChI=1S/C15H22N2O2/c1-2-3-4-11-5-7-12(8-6-11)17-15(18)13-9-19-10-14(13)16/h5-8,13-14H,2-4,9-10,16H2,1H3,(H,17,18). The molecule has 1 saturated heterocycles. The fourth-order valence-corrected chi connectivity index (χ4v) is 2.21. The molecule has 0 saturated carbocycles. The third-order valence-electron chi connectivity index (χ3n) is 3.50. The van der Waals surface area contributed by atoms with Crippen LogP contribution in [0.4, 0.5) is 5.69 Å². The van der Waals surface area contributed by atoms with Gasteiger partial charge in [-0.1, -0.05) is 25.5 Å². The molecule has 1 aliphatic heterocycles. The zero-order chi connectivity index (χ0) is 13.7. The molecule has 1 heterocycles. The number of nitrogens with one attached hydrogen (secondary N) is 1. The summed E-state index contributed by atoms with van der Waals surface area (Å²) in [6, 6.07) is 7.84. The van der Waals surface area contributed by atoms with Crippen molar-refractivity contribution in [2.45, 2.75) is 32.2 Å². The maximum absolute atomic E-state index is 12.0. The van der Waals surface area contributed by atoms with Crippen molar-refractivity contribution in [3.8, 4) is 0 Å². The highest BCUT2D eigenvalue weighted by Crippen LogP contribution is 2.16. The van der Waals surface area contributed by atoms with E-state index in [0.717, 1.165) is 12.1 Å². The van der Waals surface area contributed by atoms with E-state index >= 15 is 0 Å². The first kappa shape index (κ1) is 14.0. The zero-order valence-electron chi connectivity index (χ0n) is 11.4. The van der Waals surface area contributed by atoms with Gasteiger partial charge in [0, 0.05) is 11.7 Å². The minimum Gasteiger partial charge on any atom is -0.379 e. The van der Waals surface area contributed by atoms with E-state index < -0.39 is 0 Å². The van der Waals surface area contributed by atoms with E-state index in [1.54, 1.807) is 0 Å². The van der Waals surface area contributed by atoms with Crippen molar-refractivity contribution in [1.82, 2.24) is 0 Å². The quantitative estimate of drug-likeness (QED) is 0.852. The van der Waals surface area contributed by atoms with Gasteiger partial charge in [-0.3, -0.25) is 4.79 Å². The van der Waals surface area contributed by atoms with Crippen LogP contribution in [0.5, 0.6) is 0 Å². The number of nitrogens with two attached hydrogens (primary N) is 1. The number of ether oxygens (including phenoxy) is 1. The van der Waals surface area contributed by atoms with Gasteiger partial charge in [0.05, 0.1) is 19.1 Å². The molecule has 2 unspecified atom stereocenters. The summed E-state index contributed by atoms with van der Waals surface area (Å²) < 4.78 is 5.21. The van der Waals surface area contributed by atoms with Gasteiger partial charge in [-0.2, -0.15) is 0 Å². The second-order valence-electron chi connectivity index (χ2n) is 5.10. The Balaban J connectivity index is 1.90. The maximum Gasteiger partial charge on any atom is 0.231 e. The van der Waals surface area contributed by atoms with E-state index in [1.807, 2.05) is 12.1 Å². The van der Waals surface area contributed by atoms with Gasteiger partial charge in [0.25, 0.3) is 0 Å². The summed E-state index contributed by atoms with van der Waals surface area (Å²) in [5.41, 5.74) is 7.96. The first-order valence-electron chi connectivity index (χ1n) is 6.94. The molecule has 2 rings (SSSR count). The summed E-state index contributed by atoms with van der Waals surface area (Å²) in [6.07, 6.45) is 3.48. The third-order valence-corrected chi connectivity index (χ3v) is 3.50. The number of rotatable bonds is 5. The van der Waals surface area contributed by atoms with Crippen molar-refractivity contribution in [1.29, 1.82) is 0 Å². The van der Waals surface area contributed by atoms with E-state index in [9.17, 15) is 4.79 Å². The number of aryl methyl sites for hydroxylation is 1. The Kier molecular flexibility index (Phi) is 4.93. The van der Waals surface area contributed by atoms with Crippen molar-refractivity contribution in [2.75, 3.05) is 18.5 Å². The van der Waals surface area contributed by atoms with Crippen molar-refractivity contribution in [2.24, 2.45) is 11.7 Å². The molecular formula is C15H22N2O2. The van der Waals surface area contributed by atoms with Crippen LogP contribution in [-0.4, -0.2) is 25.2 Å². The number of carbonyl (C=O) groups excluding carboxylic acids is 1. The lowest BCUT2D eigenvalue weighted by atomic mass is 10.0. The highest BCUT2D eigenvalue weighted by Gasteiger charge is 2.31. The fourth-order valence-electron chi connectivity index (χ4n) is 2.21. The van der Waals surface area contributed by atoms with Crippen molar-refractivity contribution >= 4 is 11.6 Å². The Labute approximate surface area is 114 Å². The molecular weight excluding hydrogens is 240 g/mol. The van der Waals surface area contributed by atoms with Crippen molar-refractivity contribution in [3.05, 3.63) is 29.8 Å². The number of anilines is 1. The highest BCUT2D eigenvalue weighted by atomic mass is 16.5. The van der Waals surface area contributed by atoms with Crippen LogP contribution in [0.1, 0.15) is 25.3 Å². The van der Waals surface area contributed by atoms with Crippen LogP contribution in [0.15, 0.2) is 24.3 Å². The first-order chi connectivity index (χ1) is 9.20.